The number of thiazole rings is 1. The number of anilines is 1. The predicted molar refractivity (Wildman–Crippen MR) is 70.6 cm³/mol. The van der Waals surface area contributed by atoms with Gasteiger partial charge in [0, 0.05) is 18.1 Å². The Bertz CT molecular complexity index is 712. The van der Waals surface area contributed by atoms with Gasteiger partial charge < -0.3 is 10.3 Å². The lowest BCUT2D eigenvalue weighted by molar-refractivity contribution is 0.424. The van der Waals surface area contributed by atoms with Gasteiger partial charge in [-0.25, -0.2) is 4.98 Å². The van der Waals surface area contributed by atoms with E-state index in [0.29, 0.717) is 29.5 Å². The van der Waals surface area contributed by atoms with Crippen LogP contribution in [-0.4, -0.2) is 24.9 Å². The summed E-state index contributed by atoms with van der Waals surface area (Å²) >= 11 is 1.58. The van der Waals surface area contributed by atoms with Gasteiger partial charge in [-0.2, -0.15) is 10.1 Å². The molecule has 0 aliphatic carbocycles. The summed E-state index contributed by atoms with van der Waals surface area (Å²) in [5.41, 5.74) is 7.51. The average molecular weight is 276 g/mol. The number of aromatic nitrogens is 5. The van der Waals surface area contributed by atoms with Gasteiger partial charge in [-0.3, -0.25) is 4.68 Å². The minimum atomic E-state index is 0.383. The maximum atomic E-state index is 5.86. The Morgan fingerprint density at radius 2 is 2.26 bits per heavy atom. The fourth-order valence-electron chi connectivity index (χ4n) is 1.67. The molecule has 0 aliphatic rings. The number of nitrogens with two attached hydrogens (primary N) is 1. The third kappa shape index (κ3) is 2.22. The van der Waals surface area contributed by atoms with Crippen molar-refractivity contribution in [2.45, 2.75) is 13.3 Å². The van der Waals surface area contributed by atoms with Gasteiger partial charge in [-0.05, 0) is 6.92 Å². The van der Waals surface area contributed by atoms with Crippen molar-refractivity contribution in [1.29, 1.82) is 0 Å². The summed E-state index contributed by atoms with van der Waals surface area (Å²) in [6, 6.07) is 0. The van der Waals surface area contributed by atoms with E-state index in [0.717, 1.165) is 10.7 Å². The second-order valence-corrected chi connectivity index (χ2v) is 5.08. The van der Waals surface area contributed by atoms with Gasteiger partial charge in [-0.1, -0.05) is 5.16 Å². The first-order chi connectivity index (χ1) is 9.13. The lowest BCUT2D eigenvalue weighted by atomic mass is 10.3. The van der Waals surface area contributed by atoms with Gasteiger partial charge in [-0.15, -0.1) is 11.3 Å². The summed E-state index contributed by atoms with van der Waals surface area (Å²) < 4.78 is 6.77. The zero-order chi connectivity index (χ0) is 13.4. The lowest BCUT2D eigenvalue weighted by Crippen LogP contribution is -1.98. The Morgan fingerprint density at radius 1 is 1.42 bits per heavy atom. The molecule has 98 valence electrons. The van der Waals surface area contributed by atoms with Gasteiger partial charge in [0.15, 0.2) is 5.82 Å². The largest absolute Gasteiger partial charge is 0.383 e. The summed E-state index contributed by atoms with van der Waals surface area (Å²) in [6.45, 7) is 1.96. The van der Waals surface area contributed by atoms with Crippen LogP contribution in [0.4, 0.5) is 5.82 Å². The number of hydrogen-bond donors (Lipinski definition) is 1. The molecule has 0 amide bonds. The van der Waals surface area contributed by atoms with Crippen LogP contribution in [0.15, 0.2) is 16.1 Å². The second-order valence-electron chi connectivity index (χ2n) is 4.14. The molecule has 0 radical (unpaired) electrons. The fraction of sp³-hybridized carbons (Fsp3) is 0.273. The van der Waals surface area contributed by atoms with E-state index in [9.17, 15) is 0 Å². The van der Waals surface area contributed by atoms with E-state index in [2.05, 4.69) is 20.2 Å². The van der Waals surface area contributed by atoms with Crippen LogP contribution in [0.2, 0.25) is 0 Å². The predicted octanol–water partition coefficient (Wildman–Crippen LogP) is 1.41. The van der Waals surface area contributed by atoms with Gasteiger partial charge in [0.25, 0.3) is 5.89 Å². The molecule has 8 heteroatoms. The topological polar surface area (TPSA) is 95.7 Å². The van der Waals surface area contributed by atoms with Gasteiger partial charge >= 0.3 is 0 Å². The molecule has 2 N–H and O–H groups in total. The van der Waals surface area contributed by atoms with E-state index < -0.39 is 0 Å². The molecule has 0 fully saturated rings. The number of nitrogens with zero attached hydrogens (tertiary/aromatic N) is 5. The quantitative estimate of drug-likeness (QED) is 0.777. The molecular formula is C11H12N6OS. The van der Waals surface area contributed by atoms with Crippen LogP contribution >= 0.6 is 11.3 Å². The first-order valence-electron chi connectivity index (χ1n) is 5.65. The monoisotopic (exact) mass is 276 g/mol. The SMILES string of the molecule is Cc1csc(Cc2noc(-c3cnn(C)c3N)n2)n1. The third-order valence-electron chi connectivity index (χ3n) is 2.66. The molecule has 3 rings (SSSR count). The highest BCUT2D eigenvalue weighted by molar-refractivity contribution is 7.09. The molecule has 0 aliphatic heterocycles. The number of hydrogen-bond acceptors (Lipinski definition) is 7. The Hall–Kier alpha value is -2.22. The van der Waals surface area contributed by atoms with E-state index in [1.54, 1.807) is 29.3 Å². The van der Waals surface area contributed by atoms with Crippen molar-refractivity contribution in [2.75, 3.05) is 5.73 Å². The molecular weight excluding hydrogens is 264 g/mol. The zero-order valence-electron chi connectivity index (χ0n) is 10.5. The van der Waals surface area contributed by atoms with Gasteiger partial charge in [0.05, 0.1) is 12.6 Å². The fourth-order valence-corrected chi connectivity index (χ4v) is 2.43. The van der Waals surface area contributed by atoms with Crippen LogP contribution in [0.5, 0.6) is 0 Å². The summed E-state index contributed by atoms with van der Waals surface area (Å²) in [7, 11) is 1.76. The van der Waals surface area contributed by atoms with Crippen LogP contribution < -0.4 is 5.73 Å². The minimum Gasteiger partial charge on any atom is -0.383 e. The summed E-state index contributed by atoms with van der Waals surface area (Å²) in [5, 5.41) is 10.9. The van der Waals surface area contributed by atoms with Crippen LogP contribution in [-0.2, 0) is 13.5 Å². The Labute approximate surface area is 113 Å². The molecule has 0 unspecified atom stereocenters. The Balaban J connectivity index is 1.85. The third-order valence-corrected chi connectivity index (χ3v) is 3.63. The van der Waals surface area contributed by atoms with Crippen LogP contribution in [0.25, 0.3) is 11.5 Å². The van der Waals surface area contributed by atoms with Crippen molar-refractivity contribution in [3.05, 3.63) is 28.1 Å². The van der Waals surface area contributed by atoms with Crippen LogP contribution in [0.1, 0.15) is 16.5 Å². The van der Waals surface area contributed by atoms with E-state index in [1.807, 2.05) is 12.3 Å². The first kappa shape index (κ1) is 11.8. The normalized spacial score (nSPS) is 11.1. The maximum Gasteiger partial charge on any atom is 0.263 e. The molecule has 0 spiro atoms. The van der Waals surface area contributed by atoms with E-state index >= 15 is 0 Å². The van der Waals surface area contributed by atoms with Gasteiger partial charge in [0.2, 0.25) is 0 Å². The first-order valence-corrected chi connectivity index (χ1v) is 6.53. The van der Waals surface area contributed by atoms with Crippen molar-refractivity contribution in [3.8, 4) is 11.5 Å². The molecule has 7 nitrogen and oxygen atoms in total. The van der Waals surface area contributed by atoms with Gasteiger partial charge in [0.1, 0.15) is 16.4 Å². The molecule has 0 saturated heterocycles. The van der Waals surface area contributed by atoms with Crippen molar-refractivity contribution < 1.29 is 4.52 Å². The number of aryl methyl sites for hydroxylation is 2. The van der Waals surface area contributed by atoms with E-state index in [4.69, 9.17) is 10.3 Å². The zero-order valence-corrected chi connectivity index (χ0v) is 11.3. The molecule has 3 aromatic heterocycles. The van der Waals surface area contributed by atoms with Crippen LogP contribution in [0, 0.1) is 6.92 Å². The standard InChI is InChI=1S/C11H12N6OS/c1-6-5-19-9(14-6)3-8-15-11(18-16-8)7-4-13-17(2)10(7)12/h4-5H,3,12H2,1-2H3. The van der Waals surface area contributed by atoms with E-state index in [-0.39, 0.29) is 0 Å². The molecule has 0 aromatic carbocycles. The Morgan fingerprint density at radius 3 is 2.89 bits per heavy atom. The molecule has 0 bridgehead atoms. The highest BCUT2D eigenvalue weighted by Gasteiger charge is 2.15. The molecule has 0 atom stereocenters. The van der Waals surface area contributed by atoms with Crippen molar-refractivity contribution in [2.24, 2.45) is 7.05 Å². The average Bonchev–Trinajstić information content (AvgIpc) is 3.05. The molecule has 3 aromatic rings. The number of rotatable bonds is 3. The second kappa shape index (κ2) is 4.47. The van der Waals surface area contributed by atoms with Crippen LogP contribution in [0.3, 0.4) is 0 Å². The lowest BCUT2D eigenvalue weighted by Gasteiger charge is -1.93. The minimum absolute atomic E-state index is 0.383. The number of nitrogen functional groups attached to an aromatic ring is 1. The summed E-state index contributed by atoms with van der Waals surface area (Å²) in [4.78, 5) is 8.68. The van der Waals surface area contributed by atoms with Crippen molar-refractivity contribution in [3.63, 3.8) is 0 Å². The molecule has 3 heterocycles. The highest BCUT2D eigenvalue weighted by atomic mass is 32.1. The highest BCUT2D eigenvalue weighted by Crippen LogP contribution is 2.23. The van der Waals surface area contributed by atoms with Crippen molar-refractivity contribution in [1.82, 2.24) is 24.9 Å². The Kier molecular flexibility index (Phi) is 2.79. The van der Waals surface area contributed by atoms with Crippen molar-refractivity contribution >= 4 is 17.2 Å². The molecule has 0 saturated carbocycles. The molecule has 19 heavy (non-hydrogen) atoms. The smallest absolute Gasteiger partial charge is 0.263 e. The summed E-state index contributed by atoms with van der Waals surface area (Å²) in [6.07, 6.45) is 2.17. The maximum absolute atomic E-state index is 5.86. The summed E-state index contributed by atoms with van der Waals surface area (Å²) in [5.74, 6) is 1.47. The van der Waals surface area contributed by atoms with E-state index in [1.165, 1.54) is 0 Å².